The average molecular weight is 247 g/mol. The van der Waals surface area contributed by atoms with E-state index in [9.17, 15) is 14.9 Å². The molecule has 0 spiro atoms. The lowest BCUT2D eigenvalue weighted by atomic mass is 9.76. The number of carbonyl (C=O) groups is 1. The van der Waals surface area contributed by atoms with Crippen LogP contribution in [0.15, 0.2) is 18.2 Å². The monoisotopic (exact) mass is 247 g/mol. The van der Waals surface area contributed by atoms with Gasteiger partial charge in [-0.05, 0) is 24.8 Å². The van der Waals surface area contributed by atoms with Crippen LogP contribution in [0.3, 0.4) is 0 Å². The molecule has 0 saturated carbocycles. The third-order valence-electron chi connectivity index (χ3n) is 3.66. The van der Waals surface area contributed by atoms with Crippen molar-refractivity contribution in [1.82, 2.24) is 0 Å². The van der Waals surface area contributed by atoms with Gasteiger partial charge in [0.05, 0.1) is 4.92 Å². The number of Topliss-reactive ketones (excluding diaryl/α,β-unsaturated/α-hetero) is 1. The topological polar surface area (TPSA) is 60.2 Å². The van der Waals surface area contributed by atoms with Gasteiger partial charge in [-0.15, -0.1) is 0 Å². The number of rotatable bonds is 1. The summed E-state index contributed by atoms with van der Waals surface area (Å²) in [6.07, 6.45) is 3.72. The van der Waals surface area contributed by atoms with Gasteiger partial charge >= 0.3 is 0 Å². The van der Waals surface area contributed by atoms with Crippen molar-refractivity contribution in [2.45, 2.75) is 39.5 Å². The Morgan fingerprint density at radius 1 is 1.28 bits per heavy atom. The standard InChI is InChI=1S/C14H17NO3/c1-14(2)8-4-3-5-10-6-7-11(15(17)18)9-12(10)13(14)16/h6-7,9H,3-5,8H2,1-2H3. The number of aryl methyl sites for hydroxylation is 1. The fourth-order valence-corrected chi connectivity index (χ4v) is 2.47. The summed E-state index contributed by atoms with van der Waals surface area (Å²) in [5, 5.41) is 10.8. The highest BCUT2D eigenvalue weighted by Gasteiger charge is 2.32. The highest BCUT2D eigenvalue weighted by molar-refractivity contribution is 6.01. The maximum atomic E-state index is 12.5. The van der Waals surface area contributed by atoms with E-state index in [0.29, 0.717) is 5.56 Å². The lowest BCUT2D eigenvalue weighted by molar-refractivity contribution is -0.384. The number of nitro groups is 1. The van der Waals surface area contributed by atoms with E-state index in [1.807, 2.05) is 13.8 Å². The summed E-state index contributed by atoms with van der Waals surface area (Å²) in [5.41, 5.74) is 1.05. The number of benzene rings is 1. The van der Waals surface area contributed by atoms with Gasteiger partial charge in [0.1, 0.15) is 0 Å². The van der Waals surface area contributed by atoms with Crippen LogP contribution in [0.2, 0.25) is 0 Å². The third-order valence-corrected chi connectivity index (χ3v) is 3.66. The zero-order chi connectivity index (χ0) is 13.3. The Labute approximate surface area is 106 Å². The van der Waals surface area contributed by atoms with Gasteiger partial charge in [-0.25, -0.2) is 0 Å². The van der Waals surface area contributed by atoms with Crippen LogP contribution in [0.5, 0.6) is 0 Å². The number of non-ortho nitro benzene ring substituents is 1. The maximum Gasteiger partial charge on any atom is 0.270 e. The predicted molar refractivity (Wildman–Crippen MR) is 68.8 cm³/mol. The van der Waals surface area contributed by atoms with E-state index in [-0.39, 0.29) is 11.5 Å². The molecule has 0 amide bonds. The van der Waals surface area contributed by atoms with E-state index < -0.39 is 10.3 Å². The first-order valence-electron chi connectivity index (χ1n) is 6.24. The van der Waals surface area contributed by atoms with Gasteiger partial charge in [-0.3, -0.25) is 14.9 Å². The normalized spacial score (nSPS) is 18.7. The van der Waals surface area contributed by atoms with Crippen LogP contribution in [0.4, 0.5) is 5.69 Å². The number of hydrogen-bond acceptors (Lipinski definition) is 3. The molecule has 0 unspecified atom stereocenters. The molecule has 0 bridgehead atoms. The van der Waals surface area contributed by atoms with Crippen molar-refractivity contribution in [2.75, 3.05) is 0 Å². The Morgan fingerprint density at radius 3 is 2.67 bits per heavy atom. The van der Waals surface area contributed by atoms with E-state index in [1.54, 1.807) is 6.07 Å². The van der Waals surface area contributed by atoms with Crippen LogP contribution < -0.4 is 0 Å². The summed E-state index contributed by atoms with van der Waals surface area (Å²) >= 11 is 0. The highest BCUT2D eigenvalue weighted by Crippen LogP contribution is 2.34. The molecule has 0 aromatic heterocycles. The van der Waals surface area contributed by atoms with Gasteiger partial charge in [-0.1, -0.05) is 26.3 Å². The molecule has 0 saturated heterocycles. The van der Waals surface area contributed by atoms with Gasteiger partial charge in [0.2, 0.25) is 0 Å². The first-order valence-corrected chi connectivity index (χ1v) is 6.24. The van der Waals surface area contributed by atoms with Crippen molar-refractivity contribution in [3.05, 3.63) is 39.4 Å². The summed E-state index contributed by atoms with van der Waals surface area (Å²) in [6.45, 7) is 3.84. The zero-order valence-corrected chi connectivity index (χ0v) is 10.7. The Hall–Kier alpha value is -1.71. The lowest BCUT2D eigenvalue weighted by Crippen LogP contribution is -2.27. The third kappa shape index (κ3) is 2.28. The molecule has 0 aliphatic heterocycles. The average Bonchev–Trinajstić information content (AvgIpc) is 2.32. The minimum atomic E-state index is -0.445. The number of fused-ring (bicyclic) bond motifs is 1. The Kier molecular flexibility index (Phi) is 3.20. The largest absolute Gasteiger partial charge is 0.294 e. The number of carbonyl (C=O) groups excluding carboxylic acids is 1. The molecule has 0 radical (unpaired) electrons. The van der Waals surface area contributed by atoms with Crippen molar-refractivity contribution in [2.24, 2.45) is 5.41 Å². The molecule has 0 atom stereocenters. The van der Waals surface area contributed by atoms with Crippen molar-refractivity contribution in [3.8, 4) is 0 Å². The van der Waals surface area contributed by atoms with Gasteiger partial charge in [-0.2, -0.15) is 0 Å². The molecular formula is C14H17NO3. The molecule has 96 valence electrons. The van der Waals surface area contributed by atoms with Crippen molar-refractivity contribution in [3.63, 3.8) is 0 Å². The molecule has 1 aliphatic carbocycles. The Balaban J connectivity index is 2.53. The molecule has 1 aromatic carbocycles. The second-order valence-corrected chi connectivity index (χ2v) is 5.52. The second kappa shape index (κ2) is 4.52. The summed E-state index contributed by atoms with van der Waals surface area (Å²) in [6, 6.07) is 4.65. The number of nitro benzene ring substituents is 1. The van der Waals surface area contributed by atoms with E-state index in [2.05, 4.69) is 0 Å². The van der Waals surface area contributed by atoms with Crippen LogP contribution in [-0.2, 0) is 6.42 Å². The predicted octanol–water partition coefficient (Wildman–Crippen LogP) is 3.53. The molecule has 1 aliphatic rings. The van der Waals surface area contributed by atoms with Crippen LogP contribution in [0.1, 0.15) is 49.0 Å². The van der Waals surface area contributed by atoms with Crippen molar-refractivity contribution < 1.29 is 9.72 Å². The highest BCUT2D eigenvalue weighted by atomic mass is 16.6. The van der Waals surface area contributed by atoms with E-state index in [4.69, 9.17) is 0 Å². The van der Waals surface area contributed by atoms with E-state index >= 15 is 0 Å². The fourth-order valence-electron chi connectivity index (χ4n) is 2.47. The summed E-state index contributed by atoms with van der Waals surface area (Å²) < 4.78 is 0. The lowest BCUT2D eigenvalue weighted by Gasteiger charge is -2.26. The second-order valence-electron chi connectivity index (χ2n) is 5.52. The molecule has 2 rings (SSSR count). The van der Waals surface area contributed by atoms with Crippen molar-refractivity contribution in [1.29, 1.82) is 0 Å². The van der Waals surface area contributed by atoms with Gasteiger partial charge < -0.3 is 0 Å². The Morgan fingerprint density at radius 2 is 2.00 bits per heavy atom. The van der Waals surface area contributed by atoms with Crippen LogP contribution in [0, 0.1) is 15.5 Å². The van der Waals surface area contributed by atoms with Gasteiger partial charge in [0.25, 0.3) is 5.69 Å². The first kappa shape index (κ1) is 12.7. The van der Waals surface area contributed by atoms with E-state index in [1.165, 1.54) is 12.1 Å². The molecule has 0 N–H and O–H groups in total. The summed E-state index contributed by atoms with van der Waals surface area (Å²) in [7, 11) is 0. The minimum absolute atomic E-state index is 0.00141. The zero-order valence-electron chi connectivity index (χ0n) is 10.7. The summed E-state index contributed by atoms with van der Waals surface area (Å²) in [4.78, 5) is 22.8. The van der Waals surface area contributed by atoms with Crippen LogP contribution in [0.25, 0.3) is 0 Å². The van der Waals surface area contributed by atoms with E-state index in [0.717, 1.165) is 31.2 Å². The molecule has 4 nitrogen and oxygen atoms in total. The number of hydrogen-bond donors (Lipinski definition) is 0. The fraction of sp³-hybridized carbons (Fsp3) is 0.500. The Bertz CT molecular complexity index is 506. The molecule has 0 fully saturated rings. The first-order chi connectivity index (χ1) is 8.42. The molecular weight excluding hydrogens is 230 g/mol. The number of ketones is 1. The van der Waals surface area contributed by atoms with Gasteiger partial charge in [0, 0.05) is 23.1 Å². The quantitative estimate of drug-likeness (QED) is 0.563. The summed E-state index contributed by atoms with van der Waals surface area (Å²) in [5.74, 6) is 0.0286. The van der Waals surface area contributed by atoms with Crippen LogP contribution in [-0.4, -0.2) is 10.7 Å². The molecule has 18 heavy (non-hydrogen) atoms. The molecule has 1 aromatic rings. The van der Waals surface area contributed by atoms with Gasteiger partial charge in [0.15, 0.2) is 5.78 Å². The molecule has 4 heteroatoms. The molecule has 0 heterocycles. The maximum absolute atomic E-state index is 12.5. The smallest absolute Gasteiger partial charge is 0.270 e. The van der Waals surface area contributed by atoms with Crippen LogP contribution >= 0.6 is 0 Å². The number of nitrogens with zero attached hydrogens (tertiary/aromatic N) is 1. The SMILES string of the molecule is CC1(C)CCCCc2ccc([N+](=O)[O-])cc2C1=O. The minimum Gasteiger partial charge on any atom is -0.294 e. The van der Waals surface area contributed by atoms with Crippen molar-refractivity contribution >= 4 is 11.5 Å².